The van der Waals surface area contributed by atoms with Crippen LogP contribution in [0.3, 0.4) is 0 Å². The van der Waals surface area contributed by atoms with Crippen LogP contribution in [0.2, 0.25) is 0 Å². The molecule has 8 nitrogen and oxygen atoms in total. The van der Waals surface area contributed by atoms with Crippen LogP contribution in [0.5, 0.6) is 5.75 Å². The van der Waals surface area contributed by atoms with Gasteiger partial charge in [-0.15, -0.1) is 0 Å². The molecule has 1 aromatic rings. The Balaban J connectivity index is 2.97. The Morgan fingerprint density at radius 2 is 1.71 bits per heavy atom. The molecule has 4 N–H and O–H groups in total. The first kappa shape index (κ1) is 26.8. The molecule has 0 bridgehead atoms. The maximum Gasteiger partial charge on any atom is 0.320 e. The number of carboxylic acids is 1. The molecule has 0 saturated heterocycles. The van der Waals surface area contributed by atoms with Gasteiger partial charge in [0.05, 0.1) is 13.2 Å². The van der Waals surface area contributed by atoms with Crippen LogP contribution in [0.25, 0.3) is 0 Å². The molecule has 0 heterocycles. The van der Waals surface area contributed by atoms with Crippen molar-refractivity contribution in [1.29, 1.82) is 0 Å². The largest absolute Gasteiger partial charge is 0.497 e. The van der Waals surface area contributed by atoms with Gasteiger partial charge >= 0.3 is 5.97 Å². The van der Waals surface area contributed by atoms with E-state index in [1.807, 2.05) is 32.2 Å². The van der Waals surface area contributed by atoms with E-state index in [0.29, 0.717) is 30.8 Å². The molecule has 0 aliphatic carbocycles. The summed E-state index contributed by atoms with van der Waals surface area (Å²) in [6.45, 7) is 3.93. The second-order valence-electron chi connectivity index (χ2n) is 7.75. The molecule has 0 saturated carbocycles. The van der Waals surface area contributed by atoms with Crippen LogP contribution < -0.4 is 20.7 Å². The van der Waals surface area contributed by atoms with E-state index in [4.69, 9.17) is 4.74 Å². The zero-order valence-electron chi connectivity index (χ0n) is 18.9. The van der Waals surface area contributed by atoms with E-state index >= 15 is 0 Å². The number of carboxylic acid groups (broad SMARTS) is 1. The van der Waals surface area contributed by atoms with Gasteiger partial charge in [0, 0.05) is 13.5 Å². The van der Waals surface area contributed by atoms with Crippen LogP contribution in [0.15, 0.2) is 24.3 Å². The molecule has 2 amide bonds. The van der Waals surface area contributed by atoms with Crippen LogP contribution >= 0.6 is 11.8 Å². The number of ether oxygens (including phenoxy) is 1. The minimum absolute atomic E-state index is 0.165. The van der Waals surface area contributed by atoms with Gasteiger partial charge in [0.15, 0.2) is 0 Å². The van der Waals surface area contributed by atoms with Crippen LogP contribution in [0.4, 0.5) is 0 Å². The molecule has 174 valence electrons. The van der Waals surface area contributed by atoms with E-state index in [2.05, 4.69) is 16.0 Å². The standard InChI is InChI=1S/C22H35N3O5S/c1-14(2)12-18(24-17(22(28)29)10-11-31-5)21(27)25-19(20(26)23-3)13-15-6-8-16(30-4)9-7-15/h6-9,14,17-19,24H,10-13H2,1-5H3,(H,23,26)(H,25,27)(H,28,29)/t17-,18+,19+/m1/s1. The molecule has 3 atom stereocenters. The summed E-state index contributed by atoms with van der Waals surface area (Å²) in [6.07, 6.45) is 3.07. The molecule has 0 aliphatic heterocycles. The first-order chi connectivity index (χ1) is 14.7. The molecule has 0 unspecified atom stereocenters. The highest BCUT2D eigenvalue weighted by Crippen LogP contribution is 2.14. The SMILES string of the molecule is CNC(=O)[C@H](Cc1ccc(OC)cc1)NC(=O)[C@H](CC(C)C)N[C@H](CCSC)C(=O)O. The first-order valence-corrected chi connectivity index (χ1v) is 11.7. The number of carbonyl (C=O) groups excluding carboxylic acids is 2. The average Bonchev–Trinajstić information content (AvgIpc) is 2.74. The van der Waals surface area contributed by atoms with Gasteiger partial charge in [-0.05, 0) is 48.5 Å². The molecule has 0 aromatic heterocycles. The highest BCUT2D eigenvalue weighted by molar-refractivity contribution is 7.98. The van der Waals surface area contributed by atoms with Crippen molar-refractivity contribution in [2.45, 2.75) is 51.2 Å². The van der Waals surface area contributed by atoms with Crippen LogP contribution in [0.1, 0.15) is 32.3 Å². The average molecular weight is 454 g/mol. The van der Waals surface area contributed by atoms with Gasteiger partial charge < -0.3 is 20.5 Å². The van der Waals surface area contributed by atoms with Gasteiger partial charge in [-0.25, -0.2) is 0 Å². The number of rotatable bonds is 14. The zero-order chi connectivity index (χ0) is 23.4. The van der Waals surface area contributed by atoms with E-state index in [0.717, 1.165) is 5.56 Å². The van der Waals surface area contributed by atoms with Crippen molar-refractivity contribution in [3.05, 3.63) is 29.8 Å². The van der Waals surface area contributed by atoms with Crippen LogP contribution in [-0.4, -0.2) is 67.2 Å². The van der Waals surface area contributed by atoms with Gasteiger partial charge in [0.25, 0.3) is 0 Å². The predicted octanol–water partition coefficient (Wildman–Crippen LogP) is 1.68. The Hall–Kier alpha value is -2.26. The number of hydrogen-bond donors (Lipinski definition) is 4. The second-order valence-corrected chi connectivity index (χ2v) is 8.73. The number of amides is 2. The molecular formula is C22H35N3O5S. The number of aliphatic carboxylic acids is 1. The Bertz CT molecular complexity index is 712. The minimum atomic E-state index is -0.989. The van der Waals surface area contributed by atoms with Crippen molar-refractivity contribution >= 4 is 29.5 Å². The summed E-state index contributed by atoms with van der Waals surface area (Å²) in [5.74, 6) is -0.153. The fourth-order valence-electron chi connectivity index (χ4n) is 3.13. The minimum Gasteiger partial charge on any atom is -0.497 e. The molecule has 0 aliphatic rings. The van der Waals surface area contributed by atoms with Crippen molar-refractivity contribution in [3.8, 4) is 5.75 Å². The predicted molar refractivity (Wildman–Crippen MR) is 123 cm³/mol. The monoisotopic (exact) mass is 453 g/mol. The fourth-order valence-corrected chi connectivity index (χ4v) is 3.60. The summed E-state index contributed by atoms with van der Waals surface area (Å²) in [7, 11) is 3.09. The number of benzene rings is 1. The molecule has 0 radical (unpaired) electrons. The lowest BCUT2D eigenvalue weighted by Crippen LogP contribution is -2.56. The summed E-state index contributed by atoms with van der Waals surface area (Å²) in [6, 6.07) is 4.95. The van der Waals surface area contributed by atoms with Crippen LogP contribution in [0, 0.1) is 5.92 Å². The lowest BCUT2D eigenvalue weighted by atomic mass is 10.00. The van der Waals surface area contributed by atoms with E-state index in [1.54, 1.807) is 31.0 Å². The Labute approximate surface area is 188 Å². The maximum absolute atomic E-state index is 13.1. The quantitative estimate of drug-likeness (QED) is 0.339. The van der Waals surface area contributed by atoms with Gasteiger partial charge in [0.2, 0.25) is 11.8 Å². The van der Waals surface area contributed by atoms with Crippen molar-refractivity contribution in [2.75, 3.05) is 26.2 Å². The van der Waals surface area contributed by atoms with Crippen molar-refractivity contribution in [3.63, 3.8) is 0 Å². The van der Waals surface area contributed by atoms with Crippen molar-refractivity contribution in [2.24, 2.45) is 5.92 Å². The third kappa shape index (κ3) is 9.61. The topological polar surface area (TPSA) is 117 Å². The number of thioether (sulfide) groups is 1. The van der Waals surface area contributed by atoms with Gasteiger partial charge in [-0.2, -0.15) is 11.8 Å². The second kappa shape index (κ2) is 13.9. The number of nitrogens with one attached hydrogen (secondary N) is 3. The normalized spacial score (nSPS) is 13.9. The third-order valence-electron chi connectivity index (χ3n) is 4.81. The molecular weight excluding hydrogens is 418 g/mol. The van der Waals surface area contributed by atoms with Gasteiger partial charge in [-0.1, -0.05) is 26.0 Å². The lowest BCUT2D eigenvalue weighted by molar-refractivity contribution is -0.140. The summed E-state index contributed by atoms with van der Waals surface area (Å²) in [5, 5.41) is 17.9. The lowest BCUT2D eigenvalue weighted by Gasteiger charge is -2.26. The molecule has 0 fully saturated rings. The van der Waals surface area contributed by atoms with E-state index in [1.165, 1.54) is 7.05 Å². The summed E-state index contributed by atoms with van der Waals surface area (Å²) in [5.41, 5.74) is 0.867. The number of methoxy groups -OCH3 is 1. The van der Waals surface area contributed by atoms with Crippen LogP contribution in [-0.2, 0) is 20.8 Å². The Kier molecular flexibility index (Phi) is 12.0. The molecule has 9 heteroatoms. The number of carbonyl (C=O) groups is 3. The summed E-state index contributed by atoms with van der Waals surface area (Å²) < 4.78 is 5.15. The number of likely N-dealkylation sites (N-methyl/N-ethyl adjacent to an activating group) is 1. The third-order valence-corrected chi connectivity index (χ3v) is 5.46. The van der Waals surface area contributed by atoms with E-state index in [9.17, 15) is 19.5 Å². The van der Waals surface area contributed by atoms with E-state index < -0.39 is 24.1 Å². The maximum atomic E-state index is 13.1. The van der Waals surface area contributed by atoms with Crippen molar-refractivity contribution < 1.29 is 24.2 Å². The fraction of sp³-hybridized carbons (Fsp3) is 0.591. The van der Waals surface area contributed by atoms with E-state index in [-0.39, 0.29) is 17.7 Å². The zero-order valence-corrected chi connectivity index (χ0v) is 19.8. The highest BCUT2D eigenvalue weighted by Gasteiger charge is 2.29. The molecule has 31 heavy (non-hydrogen) atoms. The highest BCUT2D eigenvalue weighted by atomic mass is 32.2. The smallest absolute Gasteiger partial charge is 0.320 e. The Morgan fingerprint density at radius 1 is 1.06 bits per heavy atom. The summed E-state index contributed by atoms with van der Waals surface area (Å²) >= 11 is 1.55. The van der Waals surface area contributed by atoms with Crippen molar-refractivity contribution in [1.82, 2.24) is 16.0 Å². The molecule has 0 spiro atoms. The van der Waals surface area contributed by atoms with Gasteiger partial charge in [-0.3, -0.25) is 19.7 Å². The Morgan fingerprint density at radius 3 is 2.19 bits per heavy atom. The number of hydrogen-bond acceptors (Lipinski definition) is 6. The first-order valence-electron chi connectivity index (χ1n) is 10.3. The summed E-state index contributed by atoms with van der Waals surface area (Å²) in [4.78, 5) is 37.1. The molecule has 1 aromatic carbocycles. The molecule has 1 rings (SSSR count). The van der Waals surface area contributed by atoms with Gasteiger partial charge in [0.1, 0.15) is 17.8 Å².